The maximum atomic E-state index is 12.7. The smallest absolute Gasteiger partial charge is 0.245 e. The van der Waals surface area contributed by atoms with Gasteiger partial charge in [0.05, 0.1) is 13.1 Å². The molecule has 2 heterocycles. The highest BCUT2D eigenvalue weighted by atomic mass is 16.5. The molecule has 3 aromatic rings. The number of rotatable bonds is 7. The van der Waals surface area contributed by atoms with E-state index in [1.807, 2.05) is 69.3 Å². The van der Waals surface area contributed by atoms with E-state index in [0.717, 1.165) is 39.9 Å². The number of carbonyl (C=O) groups is 2. The lowest BCUT2D eigenvalue weighted by atomic mass is 10.1. The molecule has 4 rings (SSSR count). The molecule has 0 bridgehead atoms. The van der Waals surface area contributed by atoms with E-state index in [-0.39, 0.29) is 18.4 Å². The van der Waals surface area contributed by atoms with Gasteiger partial charge in [-0.3, -0.25) is 9.59 Å². The molecule has 6 heteroatoms. The predicted molar refractivity (Wildman–Crippen MR) is 121 cm³/mol. The zero-order valence-electron chi connectivity index (χ0n) is 18.4. The molecular weight excluding hydrogens is 390 g/mol. The monoisotopic (exact) mass is 419 g/mol. The molecule has 0 aliphatic carbocycles. The average Bonchev–Trinajstić information content (AvgIpc) is 3.09. The Balaban J connectivity index is 1.51. The van der Waals surface area contributed by atoms with E-state index < -0.39 is 6.04 Å². The van der Waals surface area contributed by atoms with Gasteiger partial charge in [0.15, 0.2) is 0 Å². The summed E-state index contributed by atoms with van der Waals surface area (Å²) in [4.78, 5) is 32.2. The fourth-order valence-corrected chi connectivity index (χ4v) is 4.15. The number of hydrogen-bond acceptors (Lipinski definition) is 3. The van der Waals surface area contributed by atoms with E-state index in [4.69, 9.17) is 4.74 Å². The molecular formula is C25H29N3O3. The van der Waals surface area contributed by atoms with E-state index in [1.165, 1.54) is 0 Å². The van der Waals surface area contributed by atoms with Gasteiger partial charge in [0.2, 0.25) is 11.8 Å². The summed E-state index contributed by atoms with van der Waals surface area (Å²) < 4.78 is 5.97. The molecule has 1 unspecified atom stereocenters. The number of benzene rings is 2. The lowest BCUT2D eigenvalue weighted by Crippen LogP contribution is -2.58. The topological polar surface area (TPSA) is 65.6 Å². The zero-order chi connectivity index (χ0) is 22.0. The number of fused-ring (bicyclic) bond motifs is 1. The van der Waals surface area contributed by atoms with Crippen molar-refractivity contribution in [3.8, 4) is 5.75 Å². The summed E-state index contributed by atoms with van der Waals surface area (Å²) in [5, 5.41) is 1.07. The first kappa shape index (κ1) is 21.0. The van der Waals surface area contributed by atoms with Crippen LogP contribution in [0.25, 0.3) is 10.9 Å². The van der Waals surface area contributed by atoms with Crippen molar-refractivity contribution in [2.75, 3.05) is 13.1 Å². The van der Waals surface area contributed by atoms with Crippen molar-refractivity contribution in [2.24, 2.45) is 0 Å². The minimum Gasteiger partial charge on any atom is -0.489 e. The Labute approximate surface area is 182 Å². The standard InChI is InChI=1S/C25H29N3O3/c1-4-12-27-15-24(29)28(18(3)25(27)30)14-23-17(2)21-13-20(10-11-22(21)26-23)31-16-19-8-6-5-7-9-19/h5-11,13,18,26H,4,12,14-16H2,1-3H3. The third-order valence-corrected chi connectivity index (χ3v) is 5.99. The van der Waals surface area contributed by atoms with Gasteiger partial charge < -0.3 is 19.5 Å². The van der Waals surface area contributed by atoms with E-state index in [2.05, 4.69) is 4.98 Å². The number of aryl methyl sites for hydroxylation is 1. The van der Waals surface area contributed by atoms with Gasteiger partial charge in [0.25, 0.3) is 0 Å². The second kappa shape index (κ2) is 8.84. The van der Waals surface area contributed by atoms with Gasteiger partial charge >= 0.3 is 0 Å². The van der Waals surface area contributed by atoms with Gasteiger partial charge in [-0.2, -0.15) is 0 Å². The zero-order valence-corrected chi connectivity index (χ0v) is 18.4. The Bertz CT molecular complexity index is 1090. The van der Waals surface area contributed by atoms with Crippen molar-refractivity contribution in [1.29, 1.82) is 0 Å². The molecule has 162 valence electrons. The number of nitrogens with one attached hydrogen (secondary N) is 1. The van der Waals surface area contributed by atoms with Crippen LogP contribution in [0.2, 0.25) is 0 Å². The van der Waals surface area contributed by atoms with Gasteiger partial charge in [-0.25, -0.2) is 0 Å². The molecule has 1 N–H and O–H groups in total. The second-order valence-corrected chi connectivity index (χ2v) is 8.17. The lowest BCUT2D eigenvalue weighted by molar-refractivity contribution is -0.155. The number of ether oxygens (including phenoxy) is 1. The van der Waals surface area contributed by atoms with Crippen molar-refractivity contribution < 1.29 is 14.3 Å². The van der Waals surface area contributed by atoms with E-state index >= 15 is 0 Å². The fraction of sp³-hybridized carbons (Fsp3) is 0.360. The van der Waals surface area contributed by atoms with Crippen LogP contribution in [0.3, 0.4) is 0 Å². The SMILES string of the molecule is CCCN1CC(=O)N(Cc2[nH]c3ccc(OCc4ccccc4)cc3c2C)C(C)C1=O. The fourth-order valence-electron chi connectivity index (χ4n) is 4.15. The first-order chi connectivity index (χ1) is 15.0. The number of H-pyrrole nitrogens is 1. The molecule has 1 fully saturated rings. The second-order valence-electron chi connectivity index (χ2n) is 8.17. The van der Waals surface area contributed by atoms with Crippen LogP contribution in [-0.2, 0) is 22.7 Å². The number of aromatic amines is 1. The third-order valence-electron chi connectivity index (χ3n) is 5.99. The highest BCUT2D eigenvalue weighted by Crippen LogP contribution is 2.28. The minimum atomic E-state index is -0.455. The molecule has 1 aromatic heterocycles. The molecule has 1 saturated heterocycles. The summed E-state index contributed by atoms with van der Waals surface area (Å²) in [6.45, 7) is 7.56. The van der Waals surface area contributed by atoms with E-state index in [0.29, 0.717) is 19.7 Å². The van der Waals surface area contributed by atoms with Crippen molar-refractivity contribution in [2.45, 2.75) is 46.4 Å². The van der Waals surface area contributed by atoms with Gasteiger partial charge in [-0.15, -0.1) is 0 Å². The first-order valence-corrected chi connectivity index (χ1v) is 10.8. The Morgan fingerprint density at radius 1 is 1.13 bits per heavy atom. The molecule has 2 amide bonds. The molecule has 0 spiro atoms. The van der Waals surface area contributed by atoms with Crippen LogP contribution in [0.1, 0.15) is 37.1 Å². The molecule has 1 aliphatic rings. The molecule has 6 nitrogen and oxygen atoms in total. The van der Waals surface area contributed by atoms with Crippen molar-refractivity contribution in [1.82, 2.24) is 14.8 Å². The summed E-state index contributed by atoms with van der Waals surface area (Å²) in [6, 6.07) is 15.6. The summed E-state index contributed by atoms with van der Waals surface area (Å²) in [5.74, 6) is 0.815. The largest absolute Gasteiger partial charge is 0.489 e. The van der Waals surface area contributed by atoms with Crippen LogP contribution in [-0.4, -0.2) is 45.7 Å². The Morgan fingerprint density at radius 3 is 2.65 bits per heavy atom. The number of aromatic nitrogens is 1. The van der Waals surface area contributed by atoms with Crippen LogP contribution in [0.15, 0.2) is 48.5 Å². The summed E-state index contributed by atoms with van der Waals surface area (Å²) in [6.07, 6.45) is 0.849. The van der Waals surface area contributed by atoms with E-state index in [9.17, 15) is 9.59 Å². The Kier molecular flexibility index (Phi) is 5.98. The lowest BCUT2D eigenvalue weighted by Gasteiger charge is -2.38. The highest BCUT2D eigenvalue weighted by molar-refractivity contribution is 5.94. The van der Waals surface area contributed by atoms with Gasteiger partial charge in [-0.05, 0) is 49.6 Å². The molecule has 0 saturated carbocycles. The number of piperazine rings is 1. The maximum absolute atomic E-state index is 12.7. The Morgan fingerprint density at radius 2 is 1.90 bits per heavy atom. The molecule has 31 heavy (non-hydrogen) atoms. The molecule has 0 radical (unpaired) electrons. The molecule has 1 aliphatic heterocycles. The van der Waals surface area contributed by atoms with Crippen LogP contribution in [0.5, 0.6) is 5.75 Å². The third kappa shape index (κ3) is 4.29. The summed E-state index contributed by atoms with van der Waals surface area (Å²) in [5.41, 5.74) is 4.14. The first-order valence-electron chi connectivity index (χ1n) is 10.8. The van der Waals surface area contributed by atoms with Gasteiger partial charge in [-0.1, -0.05) is 37.3 Å². The molecule has 1 atom stereocenters. The van der Waals surface area contributed by atoms with Crippen LogP contribution >= 0.6 is 0 Å². The average molecular weight is 420 g/mol. The predicted octanol–water partition coefficient (Wildman–Crippen LogP) is 4.02. The van der Waals surface area contributed by atoms with Gasteiger partial charge in [0.1, 0.15) is 18.4 Å². The number of hydrogen-bond donors (Lipinski definition) is 1. The Hall–Kier alpha value is -3.28. The normalized spacial score (nSPS) is 16.9. The minimum absolute atomic E-state index is 0.00881. The summed E-state index contributed by atoms with van der Waals surface area (Å²) in [7, 11) is 0. The van der Waals surface area contributed by atoms with E-state index in [1.54, 1.807) is 9.80 Å². The maximum Gasteiger partial charge on any atom is 0.245 e. The van der Waals surface area contributed by atoms with Crippen molar-refractivity contribution in [3.05, 3.63) is 65.4 Å². The van der Waals surface area contributed by atoms with Crippen molar-refractivity contribution in [3.63, 3.8) is 0 Å². The number of amides is 2. The summed E-state index contributed by atoms with van der Waals surface area (Å²) >= 11 is 0. The van der Waals surface area contributed by atoms with Crippen LogP contribution in [0.4, 0.5) is 0 Å². The number of nitrogens with zero attached hydrogens (tertiary/aromatic N) is 2. The van der Waals surface area contributed by atoms with Crippen LogP contribution in [0, 0.1) is 6.92 Å². The number of carbonyl (C=O) groups excluding carboxylic acids is 2. The quantitative estimate of drug-likeness (QED) is 0.629. The highest BCUT2D eigenvalue weighted by Gasteiger charge is 2.36. The van der Waals surface area contributed by atoms with Gasteiger partial charge in [0, 0.05) is 23.1 Å². The van der Waals surface area contributed by atoms with Crippen molar-refractivity contribution >= 4 is 22.7 Å². The van der Waals surface area contributed by atoms with Crippen LogP contribution < -0.4 is 4.74 Å². The molecule has 2 aromatic carbocycles.